The van der Waals surface area contributed by atoms with Crippen molar-refractivity contribution < 1.29 is 28.6 Å². The normalized spacial score (nSPS) is 13.1. The van der Waals surface area contributed by atoms with E-state index in [1.165, 1.54) is 96.3 Å². The zero-order valence-electron chi connectivity index (χ0n) is 51.8. The molecule has 0 aliphatic carbocycles. The molecule has 0 saturated heterocycles. The molecule has 0 aromatic heterocycles. The van der Waals surface area contributed by atoms with E-state index in [0.29, 0.717) is 19.3 Å². The van der Waals surface area contributed by atoms with Crippen molar-refractivity contribution in [1.29, 1.82) is 0 Å². The summed E-state index contributed by atoms with van der Waals surface area (Å²) in [4.78, 5) is 38.3. The van der Waals surface area contributed by atoms with Crippen LogP contribution in [-0.4, -0.2) is 37.2 Å². The lowest BCUT2D eigenvalue weighted by atomic mass is 10.0. The molecule has 0 rings (SSSR count). The first-order valence-corrected chi connectivity index (χ1v) is 32.8. The van der Waals surface area contributed by atoms with Crippen molar-refractivity contribution in [2.24, 2.45) is 0 Å². The van der Waals surface area contributed by atoms with Gasteiger partial charge in [-0.25, -0.2) is 0 Å². The zero-order valence-corrected chi connectivity index (χ0v) is 51.8. The number of carbonyl (C=O) groups is 3. The first-order valence-electron chi connectivity index (χ1n) is 32.8. The number of ether oxygens (including phenoxy) is 3. The van der Waals surface area contributed by atoms with Crippen LogP contribution in [0.2, 0.25) is 0 Å². The first-order chi connectivity index (χ1) is 39.5. The highest BCUT2D eigenvalue weighted by molar-refractivity contribution is 5.71. The molecule has 0 radical (unpaired) electrons. The minimum absolute atomic E-state index is 0.0950. The molecule has 0 aliphatic rings. The number of hydrogen-bond acceptors (Lipinski definition) is 6. The highest BCUT2D eigenvalue weighted by Crippen LogP contribution is 2.15. The molecular weight excluding hydrogens is 985 g/mol. The summed E-state index contributed by atoms with van der Waals surface area (Å²) < 4.78 is 16.9. The van der Waals surface area contributed by atoms with Crippen molar-refractivity contribution >= 4 is 17.9 Å². The van der Waals surface area contributed by atoms with Gasteiger partial charge in [0.25, 0.3) is 0 Å². The van der Waals surface area contributed by atoms with Crippen molar-refractivity contribution in [3.05, 3.63) is 146 Å². The molecule has 6 heteroatoms. The Balaban J connectivity index is 4.41. The Labute approximate surface area is 493 Å². The van der Waals surface area contributed by atoms with Gasteiger partial charge in [-0.1, -0.05) is 289 Å². The molecule has 6 nitrogen and oxygen atoms in total. The summed E-state index contributed by atoms with van der Waals surface area (Å²) in [6, 6.07) is 0. The molecule has 0 fully saturated rings. The third-order valence-corrected chi connectivity index (χ3v) is 13.6. The van der Waals surface area contributed by atoms with Crippen LogP contribution in [0.1, 0.15) is 284 Å². The lowest BCUT2D eigenvalue weighted by molar-refractivity contribution is -0.167. The molecule has 0 bridgehead atoms. The standard InChI is InChI=1S/C74H120O6/c1-4-7-10-13-16-19-22-25-28-30-31-32-33-34-35-36-37-38-39-40-41-42-43-45-46-49-52-55-58-61-64-67-73(76)79-70-71(69-78-72(75)66-63-60-57-54-51-48-27-24-21-18-15-12-9-6-3)80-74(77)68-65-62-59-56-53-50-47-44-29-26-23-20-17-14-11-8-5-2/h7-8,10-11,16-17,19-20,25-26,28-29,31-32,34-35,37-38,40-41,43,45,49,52,71H,4-6,9,12-15,18,21-24,27,30,33,36,39,42,44,46-48,50-51,53-70H2,1-3H3/b10-7-,11-8-,19-16-,20-17-,28-25-,29-26-,32-31-,35-34-,38-37-,41-40-,45-43-,52-49-. The monoisotopic (exact) mass is 1100 g/mol. The highest BCUT2D eigenvalue weighted by Gasteiger charge is 2.19. The number of allylic oxidation sites excluding steroid dienone is 24. The van der Waals surface area contributed by atoms with E-state index in [0.717, 1.165) is 148 Å². The summed E-state index contributed by atoms with van der Waals surface area (Å²) in [6.07, 6.45) is 95.7. The second-order valence-corrected chi connectivity index (χ2v) is 21.3. The van der Waals surface area contributed by atoms with Crippen LogP contribution in [-0.2, 0) is 28.6 Å². The van der Waals surface area contributed by atoms with Crippen LogP contribution in [0.15, 0.2) is 146 Å². The lowest BCUT2D eigenvalue weighted by Crippen LogP contribution is -2.30. The molecular formula is C74H120O6. The summed E-state index contributed by atoms with van der Waals surface area (Å²) in [5, 5.41) is 0. The molecule has 0 heterocycles. The Bertz CT molecular complexity index is 1750. The van der Waals surface area contributed by atoms with Gasteiger partial charge in [0, 0.05) is 19.3 Å². The zero-order chi connectivity index (χ0) is 57.8. The van der Waals surface area contributed by atoms with E-state index in [1.54, 1.807) is 0 Å². The topological polar surface area (TPSA) is 78.9 Å². The molecule has 452 valence electrons. The number of carbonyl (C=O) groups excluding carboxylic acids is 3. The molecule has 0 amide bonds. The van der Waals surface area contributed by atoms with Crippen LogP contribution in [0.4, 0.5) is 0 Å². The van der Waals surface area contributed by atoms with Crippen LogP contribution >= 0.6 is 0 Å². The van der Waals surface area contributed by atoms with Gasteiger partial charge in [-0.15, -0.1) is 0 Å². The SMILES string of the molecule is CC/C=C\C/C=C\C/C=C\C/C=C\C/C=C\C/C=C\C/C=C\C/C=C\C/C=C\CCCCCC(=O)OCC(COC(=O)CCCCCCCCCCCCCCCC)OC(=O)CCCCCCCCC/C=C\C/C=C\C/C=C\CC. The third-order valence-electron chi connectivity index (χ3n) is 13.6. The van der Waals surface area contributed by atoms with Crippen LogP contribution < -0.4 is 0 Å². The van der Waals surface area contributed by atoms with E-state index in [2.05, 4.69) is 167 Å². The van der Waals surface area contributed by atoms with Gasteiger partial charge in [0.05, 0.1) is 0 Å². The van der Waals surface area contributed by atoms with Crippen molar-refractivity contribution in [3.8, 4) is 0 Å². The second kappa shape index (κ2) is 66.8. The molecule has 0 N–H and O–H groups in total. The smallest absolute Gasteiger partial charge is 0.306 e. The van der Waals surface area contributed by atoms with Crippen LogP contribution in [0.5, 0.6) is 0 Å². The van der Waals surface area contributed by atoms with Crippen molar-refractivity contribution in [2.45, 2.75) is 290 Å². The van der Waals surface area contributed by atoms with Crippen LogP contribution in [0.3, 0.4) is 0 Å². The van der Waals surface area contributed by atoms with E-state index >= 15 is 0 Å². The molecule has 0 aromatic carbocycles. The average Bonchev–Trinajstić information content (AvgIpc) is 3.46. The fourth-order valence-corrected chi connectivity index (χ4v) is 8.74. The van der Waals surface area contributed by atoms with Gasteiger partial charge >= 0.3 is 17.9 Å². The molecule has 0 aliphatic heterocycles. The van der Waals surface area contributed by atoms with E-state index < -0.39 is 6.10 Å². The molecule has 80 heavy (non-hydrogen) atoms. The second-order valence-electron chi connectivity index (χ2n) is 21.3. The van der Waals surface area contributed by atoms with Gasteiger partial charge < -0.3 is 14.2 Å². The van der Waals surface area contributed by atoms with Crippen molar-refractivity contribution in [3.63, 3.8) is 0 Å². The number of unbranched alkanes of at least 4 members (excludes halogenated alkanes) is 23. The Morgan fingerprint density at radius 1 is 0.263 bits per heavy atom. The minimum atomic E-state index is -0.802. The molecule has 1 atom stereocenters. The number of rotatable bonds is 58. The summed E-state index contributed by atoms with van der Waals surface area (Å²) in [6.45, 7) is 6.39. The number of hydrogen-bond donors (Lipinski definition) is 0. The summed E-state index contributed by atoms with van der Waals surface area (Å²) in [5.41, 5.74) is 0. The average molecular weight is 1110 g/mol. The first kappa shape index (κ1) is 75.3. The van der Waals surface area contributed by atoms with Gasteiger partial charge in [-0.2, -0.15) is 0 Å². The Kier molecular flexibility index (Phi) is 62.9. The summed E-state index contributed by atoms with van der Waals surface area (Å²) >= 11 is 0. The summed E-state index contributed by atoms with van der Waals surface area (Å²) in [7, 11) is 0. The maximum Gasteiger partial charge on any atom is 0.306 e. The maximum absolute atomic E-state index is 12.9. The Morgan fingerprint density at radius 2 is 0.487 bits per heavy atom. The van der Waals surface area contributed by atoms with Gasteiger partial charge in [-0.05, 0) is 122 Å². The van der Waals surface area contributed by atoms with E-state index in [4.69, 9.17) is 14.2 Å². The largest absolute Gasteiger partial charge is 0.462 e. The third kappa shape index (κ3) is 64.1. The highest BCUT2D eigenvalue weighted by atomic mass is 16.6. The van der Waals surface area contributed by atoms with Crippen molar-refractivity contribution in [1.82, 2.24) is 0 Å². The van der Waals surface area contributed by atoms with Gasteiger partial charge in [0.2, 0.25) is 0 Å². The number of esters is 3. The molecule has 0 aromatic rings. The Hall–Kier alpha value is -4.71. The fourth-order valence-electron chi connectivity index (χ4n) is 8.74. The molecule has 1 unspecified atom stereocenters. The quantitative estimate of drug-likeness (QED) is 0.0261. The van der Waals surface area contributed by atoms with Crippen molar-refractivity contribution in [2.75, 3.05) is 13.2 Å². The summed E-state index contributed by atoms with van der Waals surface area (Å²) in [5.74, 6) is -0.937. The minimum Gasteiger partial charge on any atom is -0.462 e. The van der Waals surface area contributed by atoms with Crippen LogP contribution in [0.25, 0.3) is 0 Å². The van der Waals surface area contributed by atoms with Gasteiger partial charge in [0.1, 0.15) is 13.2 Å². The lowest BCUT2D eigenvalue weighted by Gasteiger charge is -2.18. The van der Waals surface area contributed by atoms with E-state index in [-0.39, 0.29) is 31.1 Å². The van der Waals surface area contributed by atoms with E-state index in [1.807, 2.05) is 0 Å². The predicted molar refractivity (Wildman–Crippen MR) is 348 cm³/mol. The maximum atomic E-state index is 12.9. The fraction of sp³-hybridized carbons (Fsp3) is 0.635. The Morgan fingerprint density at radius 3 is 0.775 bits per heavy atom. The van der Waals surface area contributed by atoms with Gasteiger partial charge in [0.15, 0.2) is 6.10 Å². The van der Waals surface area contributed by atoms with Gasteiger partial charge in [-0.3, -0.25) is 14.4 Å². The predicted octanol–water partition coefficient (Wildman–Crippen LogP) is 22.7. The van der Waals surface area contributed by atoms with Crippen LogP contribution in [0, 0.1) is 0 Å². The molecule has 0 saturated carbocycles. The molecule has 0 spiro atoms. The van der Waals surface area contributed by atoms with E-state index in [9.17, 15) is 14.4 Å².